The highest BCUT2D eigenvalue weighted by Crippen LogP contribution is 2.33. The van der Waals surface area contributed by atoms with Crippen molar-refractivity contribution in [2.45, 2.75) is 6.54 Å². The van der Waals surface area contributed by atoms with Gasteiger partial charge >= 0.3 is 0 Å². The third-order valence-corrected chi connectivity index (χ3v) is 4.37. The number of benzene rings is 2. The second kappa shape index (κ2) is 10.6. The summed E-state index contributed by atoms with van der Waals surface area (Å²) >= 11 is 3.56. The van der Waals surface area contributed by atoms with Gasteiger partial charge in [0.2, 0.25) is 0 Å². The molecule has 0 amide bonds. The molecular formula is C19H24BrN3O3. The van der Waals surface area contributed by atoms with Gasteiger partial charge in [-0.05, 0) is 29.8 Å². The summed E-state index contributed by atoms with van der Waals surface area (Å²) in [4.78, 5) is 4.22. The molecule has 2 N–H and O–H groups in total. The van der Waals surface area contributed by atoms with Crippen LogP contribution < -0.4 is 24.8 Å². The molecule has 2 aromatic carbocycles. The fourth-order valence-corrected chi connectivity index (χ4v) is 2.75. The third kappa shape index (κ3) is 5.84. The first-order valence-corrected chi connectivity index (χ1v) is 9.00. The van der Waals surface area contributed by atoms with E-state index in [1.165, 1.54) is 0 Å². The quantitative estimate of drug-likeness (QED) is 0.389. The second-order valence-electron chi connectivity index (χ2n) is 5.31. The van der Waals surface area contributed by atoms with Crippen LogP contribution >= 0.6 is 15.9 Å². The normalized spacial score (nSPS) is 11.0. The summed E-state index contributed by atoms with van der Waals surface area (Å²) in [5.74, 6) is 2.92. The van der Waals surface area contributed by atoms with Gasteiger partial charge in [0.05, 0.1) is 20.8 Å². The maximum atomic E-state index is 5.66. The number of nitrogens with zero attached hydrogens (tertiary/aromatic N) is 1. The molecule has 0 saturated carbocycles. The van der Waals surface area contributed by atoms with Crippen LogP contribution in [0.2, 0.25) is 0 Å². The molecule has 0 unspecified atom stereocenters. The van der Waals surface area contributed by atoms with Gasteiger partial charge in [-0.3, -0.25) is 4.99 Å². The Labute approximate surface area is 162 Å². The molecule has 0 aliphatic carbocycles. The zero-order chi connectivity index (χ0) is 18.8. The number of halogens is 1. The molecule has 0 spiro atoms. The van der Waals surface area contributed by atoms with E-state index in [0.717, 1.165) is 15.8 Å². The van der Waals surface area contributed by atoms with Gasteiger partial charge in [0.1, 0.15) is 12.4 Å². The highest BCUT2D eigenvalue weighted by atomic mass is 79.9. The van der Waals surface area contributed by atoms with Crippen LogP contribution in [0.15, 0.2) is 51.9 Å². The summed E-state index contributed by atoms with van der Waals surface area (Å²) < 4.78 is 17.2. The molecule has 2 aromatic rings. The number of methoxy groups -OCH3 is 2. The fraction of sp³-hybridized carbons (Fsp3) is 0.316. The van der Waals surface area contributed by atoms with Gasteiger partial charge in [0.15, 0.2) is 17.5 Å². The van der Waals surface area contributed by atoms with Crippen LogP contribution in [0.4, 0.5) is 0 Å². The van der Waals surface area contributed by atoms with Crippen molar-refractivity contribution in [2.24, 2.45) is 4.99 Å². The lowest BCUT2D eigenvalue weighted by molar-refractivity contribution is 0.322. The predicted octanol–water partition coefficient (Wildman–Crippen LogP) is 3.21. The van der Waals surface area contributed by atoms with Gasteiger partial charge in [-0.25, -0.2) is 0 Å². The lowest BCUT2D eigenvalue weighted by Crippen LogP contribution is -2.38. The average Bonchev–Trinajstić information content (AvgIpc) is 2.68. The third-order valence-electron chi connectivity index (χ3n) is 3.63. The topological polar surface area (TPSA) is 64.1 Å². The van der Waals surface area contributed by atoms with E-state index in [1.54, 1.807) is 21.3 Å². The van der Waals surface area contributed by atoms with Gasteiger partial charge in [-0.15, -0.1) is 0 Å². The van der Waals surface area contributed by atoms with Gasteiger partial charge in [0.25, 0.3) is 0 Å². The highest BCUT2D eigenvalue weighted by molar-refractivity contribution is 9.10. The molecule has 0 aromatic heterocycles. The molecule has 0 heterocycles. The minimum atomic E-state index is 0.546. The van der Waals surface area contributed by atoms with E-state index in [-0.39, 0.29) is 0 Å². The Hall–Kier alpha value is -2.41. The number of nitrogens with one attached hydrogen (secondary N) is 2. The minimum absolute atomic E-state index is 0.546. The lowest BCUT2D eigenvalue weighted by Gasteiger charge is -2.15. The van der Waals surface area contributed by atoms with E-state index in [0.29, 0.717) is 37.2 Å². The molecule has 0 bridgehead atoms. The van der Waals surface area contributed by atoms with Crippen molar-refractivity contribution in [1.29, 1.82) is 0 Å². The Kier molecular flexibility index (Phi) is 8.08. The molecule has 0 atom stereocenters. The van der Waals surface area contributed by atoms with Crippen LogP contribution in [0.1, 0.15) is 5.56 Å². The SMILES string of the molecule is CN=C(NCCOc1ccccc1)NCc1cc(OC)c(OC)cc1Br. The van der Waals surface area contributed by atoms with Crippen molar-refractivity contribution in [1.82, 2.24) is 10.6 Å². The monoisotopic (exact) mass is 421 g/mol. The molecule has 2 rings (SSSR count). The second-order valence-corrected chi connectivity index (χ2v) is 6.17. The summed E-state index contributed by atoms with van der Waals surface area (Å²) in [6.07, 6.45) is 0. The largest absolute Gasteiger partial charge is 0.493 e. The Bertz CT molecular complexity index is 723. The summed E-state index contributed by atoms with van der Waals surface area (Å²) in [6, 6.07) is 13.5. The number of para-hydroxylation sites is 1. The van der Waals surface area contributed by atoms with Crippen molar-refractivity contribution in [3.05, 3.63) is 52.5 Å². The molecule has 26 heavy (non-hydrogen) atoms. The van der Waals surface area contributed by atoms with Crippen LogP contribution in [0.25, 0.3) is 0 Å². The highest BCUT2D eigenvalue weighted by Gasteiger charge is 2.10. The van der Waals surface area contributed by atoms with Gasteiger partial charge in [-0.2, -0.15) is 0 Å². The summed E-state index contributed by atoms with van der Waals surface area (Å²) in [7, 11) is 4.97. The zero-order valence-electron chi connectivity index (χ0n) is 15.2. The van der Waals surface area contributed by atoms with Crippen LogP contribution in [0.3, 0.4) is 0 Å². The molecule has 0 aliphatic heterocycles. The Balaban J connectivity index is 1.83. The summed E-state index contributed by atoms with van der Waals surface area (Å²) in [5.41, 5.74) is 1.03. The first kappa shape index (κ1) is 19.9. The maximum absolute atomic E-state index is 5.66. The van der Waals surface area contributed by atoms with E-state index in [2.05, 4.69) is 31.6 Å². The van der Waals surface area contributed by atoms with Crippen molar-refractivity contribution in [3.8, 4) is 17.2 Å². The van der Waals surface area contributed by atoms with E-state index in [4.69, 9.17) is 14.2 Å². The van der Waals surface area contributed by atoms with Gasteiger partial charge in [-0.1, -0.05) is 34.1 Å². The summed E-state index contributed by atoms with van der Waals surface area (Å²) in [6.45, 7) is 1.77. The Morgan fingerprint density at radius 3 is 2.38 bits per heavy atom. The minimum Gasteiger partial charge on any atom is -0.493 e. The number of guanidine groups is 1. The van der Waals surface area contributed by atoms with Crippen molar-refractivity contribution >= 4 is 21.9 Å². The predicted molar refractivity (Wildman–Crippen MR) is 107 cm³/mol. The molecule has 0 radical (unpaired) electrons. The van der Waals surface area contributed by atoms with Crippen molar-refractivity contribution in [3.63, 3.8) is 0 Å². The number of hydrogen-bond acceptors (Lipinski definition) is 4. The van der Waals surface area contributed by atoms with Crippen LogP contribution in [-0.4, -0.2) is 40.4 Å². The van der Waals surface area contributed by atoms with Crippen LogP contribution in [0.5, 0.6) is 17.2 Å². The number of rotatable bonds is 8. The molecule has 0 aliphatic rings. The first-order chi connectivity index (χ1) is 12.7. The number of aliphatic imine (C=N–C) groups is 1. The molecule has 6 nitrogen and oxygen atoms in total. The van der Waals surface area contributed by atoms with E-state index in [1.807, 2.05) is 42.5 Å². The van der Waals surface area contributed by atoms with E-state index >= 15 is 0 Å². The average molecular weight is 422 g/mol. The van der Waals surface area contributed by atoms with Crippen LogP contribution in [0, 0.1) is 0 Å². The van der Waals surface area contributed by atoms with E-state index in [9.17, 15) is 0 Å². The van der Waals surface area contributed by atoms with Gasteiger partial charge < -0.3 is 24.8 Å². The molecule has 140 valence electrons. The lowest BCUT2D eigenvalue weighted by atomic mass is 10.2. The van der Waals surface area contributed by atoms with Gasteiger partial charge in [0, 0.05) is 18.1 Å². The van der Waals surface area contributed by atoms with Crippen LogP contribution in [-0.2, 0) is 6.54 Å². The Morgan fingerprint density at radius 2 is 1.73 bits per heavy atom. The van der Waals surface area contributed by atoms with Crippen molar-refractivity contribution < 1.29 is 14.2 Å². The van der Waals surface area contributed by atoms with E-state index < -0.39 is 0 Å². The smallest absolute Gasteiger partial charge is 0.191 e. The zero-order valence-corrected chi connectivity index (χ0v) is 16.8. The molecule has 7 heteroatoms. The first-order valence-electron chi connectivity index (χ1n) is 8.20. The standard InChI is InChI=1S/C19H24BrN3O3/c1-21-19(22-9-10-26-15-7-5-4-6-8-15)23-13-14-11-17(24-2)18(25-3)12-16(14)20/h4-8,11-12H,9-10,13H2,1-3H3,(H2,21,22,23). The molecule has 0 saturated heterocycles. The molecule has 0 fully saturated rings. The molecular weight excluding hydrogens is 398 g/mol. The van der Waals surface area contributed by atoms with Crippen molar-refractivity contribution in [2.75, 3.05) is 34.4 Å². The Morgan fingerprint density at radius 1 is 1.04 bits per heavy atom. The number of ether oxygens (including phenoxy) is 3. The summed E-state index contributed by atoms with van der Waals surface area (Å²) in [5, 5.41) is 6.49. The fourth-order valence-electron chi connectivity index (χ4n) is 2.29. The maximum Gasteiger partial charge on any atom is 0.191 e. The number of hydrogen-bond donors (Lipinski definition) is 2.